The van der Waals surface area contributed by atoms with Gasteiger partial charge in [0.1, 0.15) is 5.75 Å². The van der Waals surface area contributed by atoms with E-state index in [4.69, 9.17) is 23.2 Å². The van der Waals surface area contributed by atoms with Crippen molar-refractivity contribution in [1.29, 1.82) is 0 Å². The minimum Gasteiger partial charge on any atom is -0.507 e. The first kappa shape index (κ1) is 35.1. The summed E-state index contributed by atoms with van der Waals surface area (Å²) < 4.78 is 0. The molecule has 262 valence electrons. The molecular formula is C38H34BrCl2N5O5. The predicted molar refractivity (Wildman–Crippen MR) is 199 cm³/mol. The van der Waals surface area contributed by atoms with Crippen LogP contribution < -0.4 is 9.80 Å². The molecule has 3 fully saturated rings. The molecule has 1 saturated carbocycles. The van der Waals surface area contributed by atoms with Crippen LogP contribution in [0.3, 0.4) is 0 Å². The quantitative estimate of drug-likeness (QED) is 0.0829. The first-order valence-corrected chi connectivity index (χ1v) is 18.3. The maximum absolute atomic E-state index is 14.4. The van der Waals surface area contributed by atoms with E-state index in [1.807, 2.05) is 49.3 Å². The minimum absolute atomic E-state index is 0.0964. The normalized spacial score (nSPS) is 28.5. The molecule has 3 aromatic carbocycles. The molecule has 0 aromatic heterocycles. The maximum Gasteiger partial charge on any atom is 0.254 e. The molecule has 1 N–H and O–H groups in total. The average molecular weight is 792 g/mol. The van der Waals surface area contributed by atoms with Crippen LogP contribution in [0.5, 0.6) is 5.75 Å². The highest BCUT2D eigenvalue weighted by Crippen LogP contribution is 2.66. The summed E-state index contributed by atoms with van der Waals surface area (Å²) >= 11 is 17.9. The molecule has 10 nitrogen and oxygen atoms in total. The molecule has 6 atom stereocenters. The highest BCUT2D eigenvalue weighted by Gasteiger charge is 2.76. The molecule has 2 aliphatic heterocycles. The van der Waals surface area contributed by atoms with Gasteiger partial charge < -0.3 is 10.0 Å². The van der Waals surface area contributed by atoms with E-state index in [9.17, 15) is 24.3 Å². The molecule has 0 spiro atoms. The molecule has 7 rings (SSSR count). The van der Waals surface area contributed by atoms with Crippen LogP contribution in [0.15, 0.2) is 101 Å². The number of azo groups is 1. The van der Waals surface area contributed by atoms with Crippen LogP contribution in [0.2, 0.25) is 0 Å². The number of imide groups is 2. The Morgan fingerprint density at radius 1 is 0.941 bits per heavy atom. The molecule has 0 radical (unpaired) electrons. The number of allylic oxidation sites excluding steroid dienone is 3. The van der Waals surface area contributed by atoms with Gasteiger partial charge >= 0.3 is 0 Å². The number of hydrogen-bond donors (Lipinski definition) is 1. The van der Waals surface area contributed by atoms with Crippen LogP contribution in [0.4, 0.5) is 22.7 Å². The number of halogens is 3. The zero-order chi connectivity index (χ0) is 36.4. The second-order valence-corrected chi connectivity index (χ2v) is 15.2. The lowest BCUT2D eigenvalue weighted by molar-refractivity contribution is -0.138. The number of rotatable bonds is 8. The van der Waals surface area contributed by atoms with Gasteiger partial charge in [-0.2, -0.15) is 10.2 Å². The summed E-state index contributed by atoms with van der Waals surface area (Å²) in [6.45, 7) is 3.78. The van der Waals surface area contributed by atoms with Crippen molar-refractivity contribution in [2.24, 2.45) is 28.0 Å². The van der Waals surface area contributed by atoms with Crippen LogP contribution in [0, 0.1) is 17.8 Å². The lowest BCUT2D eigenvalue weighted by Gasteiger charge is -2.50. The number of phenols is 1. The fourth-order valence-corrected chi connectivity index (χ4v) is 9.54. The van der Waals surface area contributed by atoms with Crippen molar-refractivity contribution < 1.29 is 24.3 Å². The molecular weight excluding hydrogens is 757 g/mol. The summed E-state index contributed by atoms with van der Waals surface area (Å²) in [5, 5.41) is 20.2. The van der Waals surface area contributed by atoms with E-state index in [-0.39, 0.29) is 30.0 Å². The highest BCUT2D eigenvalue weighted by atomic mass is 79.9. The van der Waals surface area contributed by atoms with Gasteiger partial charge in [0, 0.05) is 31.3 Å². The van der Waals surface area contributed by atoms with Crippen molar-refractivity contribution >= 4 is 85.5 Å². The zero-order valence-electron chi connectivity index (χ0n) is 27.8. The Bertz CT molecular complexity index is 2040. The number of alkyl halides is 3. The summed E-state index contributed by atoms with van der Waals surface area (Å²) in [4.78, 5) is 56.5. The van der Waals surface area contributed by atoms with Gasteiger partial charge in [-0.25, -0.2) is 0 Å². The smallest absolute Gasteiger partial charge is 0.254 e. The number of benzene rings is 3. The second-order valence-electron chi connectivity index (χ2n) is 13.5. The van der Waals surface area contributed by atoms with Crippen molar-refractivity contribution in [3.05, 3.63) is 102 Å². The van der Waals surface area contributed by atoms with E-state index in [0.29, 0.717) is 40.2 Å². The number of likely N-dealkylation sites (tertiary alicyclic amines) is 1. The molecule has 51 heavy (non-hydrogen) atoms. The third-order valence-electron chi connectivity index (χ3n) is 10.6. The number of phenolic OH excluding ortho intramolecular Hbond substituents is 1. The summed E-state index contributed by atoms with van der Waals surface area (Å²) in [7, 11) is 3.91. The first-order valence-electron chi connectivity index (χ1n) is 16.5. The van der Waals surface area contributed by atoms with E-state index in [2.05, 4.69) is 32.7 Å². The third-order valence-corrected chi connectivity index (χ3v) is 12.5. The molecule has 2 saturated heterocycles. The molecule has 3 aromatic rings. The molecule has 4 amide bonds. The number of amides is 4. The summed E-state index contributed by atoms with van der Waals surface area (Å²) in [6.07, 6.45) is 3.88. The van der Waals surface area contributed by atoms with Gasteiger partial charge in [-0.15, -0.1) is 29.8 Å². The van der Waals surface area contributed by atoms with Gasteiger partial charge in [0.2, 0.25) is 11.8 Å². The second kappa shape index (κ2) is 13.0. The Kier molecular flexibility index (Phi) is 8.96. The van der Waals surface area contributed by atoms with Crippen LogP contribution in [-0.2, 0) is 25.6 Å². The lowest BCUT2D eigenvalue weighted by Crippen LogP contribution is -2.60. The Morgan fingerprint density at radius 2 is 1.59 bits per heavy atom. The van der Waals surface area contributed by atoms with Crippen LogP contribution in [0.25, 0.3) is 0 Å². The van der Waals surface area contributed by atoms with E-state index >= 15 is 0 Å². The molecule has 2 aliphatic carbocycles. The molecule has 6 unspecified atom stereocenters. The minimum atomic E-state index is -2.01. The number of aromatic hydroxyl groups is 1. The summed E-state index contributed by atoms with van der Waals surface area (Å²) in [5.74, 6) is -5.67. The van der Waals surface area contributed by atoms with Crippen LogP contribution in [0.1, 0.15) is 29.9 Å². The predicted octanol–water partition coefficient (Wildman–Crippen LogP) is 7.52. The fourth-order valence-electron chi connectivity index (χ4n) is 8.12. The number of nitrogens with zero attached hydrogens (tertiary/aromatic N) is 5. The Labute approximate surface area is 313 Å². The van der Waals surface area contributed by atoms with E-state index in [0.717, 1.165) is 10.6 Å². The van der Waals surface area contributed by atoms with Gasteiger partial charge in [0.15, 0.2) is 9.75 Å². The number of anilines is 2. The molecule has 2 heterocycles. The van der Waals surface area contributed by atoms with Gasteiger partial charge in [0.25, 0.3) is 11.8 Å². The van der Waals surface area contributed by atoms with Crippen molar-refractivity contribution in [3.63, 3.8) is 0 Å². The largest absolute Gasteiger partial charge is 0.507 e. The van der Waals surface area contributed by atoms with Crippen molar-refractivity contribution in [2.45, 2.75) is 34.9 Å². The number of para-hydroxylation sites is 1. The van der Waals surface area contributed by atoms with Crippen LogP contribution >= 0.6 is 39.1 Å². The van der Waals surface area contributed by atoms with Crippen molar-refractivity contribution in [3.8, 4) is 5.75 Å². The third kappa shape index (κ3) is 5.26. The van der Waals surface area contributed by atoms with Crippen molar-refractivity contribution in [1.82, 2.24) is 4.90 Å². The maximum atomic E-state index is 14.4. The lowest BCUT2D eigenvalue weighted by atomic mass is 9.56. The molecule has 4 aliphatic rings. The SMILES string of the molecule is C=CCc1cccc(C2C3=CCC4C(=O)N(c5ccc(N=Nc6ccc(N(C)C)cc6)cc5)C(=O)C4C3CC3(Cl)C(=O)N(CBr)C(=O)C23Cl)c1O. The van der Waals surface area contributed by atoms with Gasteiger partial charge in [0.05, 0.1) is 34.4 Å². The topological polar surface area (TPSA) is 123 Å². The average Bonchev–Trinajstić information content (AvgIpc) is 3.46. The van der Waals surface area contributed by atoms with E-state index in [1.165, 1.54) is 4.90 Å². The monoisotopic (exact) mass is 789 g/mol. The van der Waals surface area contributed by atoms with Gasteiger partial charge in [-0.05, 0) is 79.3 Å². The first-order chi connectivity index (χ1) is 24.4. The Balaban J connectivity index is 1.24. The number of carbonyl (C=O) groups is 4. The molecule has 13 heteroatoms. The summed E-state index contributed by atoms with van der Waals surface area (Å²) in [6, 6.07) is 19.4. The van der Waals surface area contributed by atoms with Crippen molar-refractivity contribution in [2.75, 3.05) is 29.3 Å². The summed E-state index contributed by atoms with van der Waals surface area (Å²) in [5.41, 5.74) is 3.95. The van der Waals surface area contributed by atoms with Gasteiger partial charge in [-0.3, -0.25) is 29.0 Å². The highest BCUT2D eigenvalue weighted by molar-refractivity contribution is 9.09. The fraction of sp³-hybridized carbons (Fsp3) is 0.316. The number of hydrogen-bond acceptors (Lipinski definition) is 8. The van der Waals surface area contributed by atoms with Gasteiger partial charge in [-0.1, -0.05) is 51.9 Å². The molecule has 0 bridgehead atoms. The number of carbonyl (C=O) groups excluding carboxylic acids is 4. The van der Waals surface area contributed by atoms with E-state index < -0.39 is 51.1 Å². The van der Waals surface area contributed by atoms with Crippen LogP contribution in [-0.4, -0.2) is 62.9 Å². The Morgan fingerprint density at radius 3 is 2.20 bits per heavy atom. The number of fused-ring (bicyclic) bond motifs is 4. The standard InChI is InChI=1S/C38H34BrCl2N5O5/c1-4-6-21-7-5-8-28(32(21)47)31-26-17-18-27-30(29(26)19-37(40)35(50)45(20-39)36(51)38(31,37)41)34(49)46(33(27)48)25-15-11-23(12-16-25)43-42-22-9-13-24(14-10-22)44(2)3/h4-5,7-17,27,29-31,47H,1,6,18-20H2,2-3H3. The Hall–Kier alpha value is -4.32. The zero-order valence-corrected chi connectivity index (χ0v) is 30.9. The van der Waals surface area contributed by atoms with E-state index in [1.54, 1.807) is 48.5 Å².